The summed E-state index contributed by atoms with van der Waals surface area (Å²) in [6.07, 6.45) is 4.18. The summed E-state index contributed by atoms with van der Waals surface area (Å²) >= 11 is 0. The van der Waals surface area contributed by atoms with Crippen LogP contribution in [0.4, 0.5) is 0 Å². The number of nitrogens with one attached hydrogen (secondary N) is 1. The summed E-state index contributed by atoms with van der Waals surface area (Å²) in [6, 6.07) is 7.09. The third kappa shape index (κ3) is 4.28. The fourth-order valence-electron chi connectivity index (χ4n) is 4.38. The normalized spacial score (nSPS) is 26.4. The van der Waals surface area contributed by atoms with Crippen LogP contribution in [0.5, 0.6) is 5.75 Å². The quantitative estimate of drug-likeness (QED) is 0.751. The third-order valence-corrected chi connectivity index (χ3v) is 6.31. The first-order chi connectivity index (χ1) is 14.5. The van der Waals surface area contributed by atoms with Gasteiger partial charge in [-0.2, -0.15) is 0 Å². The van der Waals surface area contributed by atoms with Gasteiger partial charge in [-0.3, -0.25) is 14.4 Å². The number of carbonyl (C=O) groups excluding carboxylic acids is 3. The predicted octanol–water partition coefficient (Wildman–Crippen LogP) is 1.10. The number of amides is 3. The molecular weight excluding hydrogens is 384 g/mol. The van der Waals surface area contributed by atoms with E-state index in [1.54, 1.807) is 36.3 Å². The van der Waals surface area contributed by atoms with Gasteiger partial charge in [0.2, 0.25) is 5.91 Å². The number of methoxy groups -OCH3 is 1. The lowest BCUT2D eigenvalue weighted by molar-refractivity contribution is -0.142. The number of benzene rings is 1. The smallest absolute Gasteiger partial charge is 0.264 e. The molecule has 3 aliphatic rings. The molecule has 1 aromatic rings. The van der Waals surface area contributed by atoms with Crippen molar-refractivity contribution in [3.8, 4) is 5.75 Å². The number of rotatable bonds is 5. The summed E-state index contributed by atoms with van der Waals surface area (Å²) in [4.78, 5) is 42.5. The van der Waals surface area contributed by atoms with Gasteiger partial charge in [-0.1, -0.05) is 6.07 Å². The molecule has 1 unspecified atom stereocenters. The van der Waals surface area contributed by atoms with Crippen molar-refractivity contribution in [2.45, 2.75) is 56.8 Å². The zero-order valence-corrected chi connectivity index (χ0v) is 17.4. The van der Waals surface area contributed by atoms with Crippen molar-refractivity contribution in [3.05, 3.63) is 29.8 Å². The average Bonchev–Trinajstić information content (AvgIpc) is 3.52. The van der Waals surface area contributed by atoms with Gasteiger partial charge in [-0.25, -0.2) is 0 Å². The van der Waals surface area contributed by atoms with E-state index in [2.05, 4.69) is 5.32 Å². The Kier molecular flexibility index (Phi) is 5.94. The van der Waals surface area contributed by atoms with E-state index < -0.39 is 6.17 Å². The lowest BCUT2D eigenvalue weighted by Crippen LogP contribution is -2.56. The Morgan fingerprint density at radius 1 is 1.03 bits per heavy atom. The summed E-state index contributed by atoms with van der Waals surface area (Å²) < 4.78 is 5.23. The molecule has 0 bridgehead atoms. The second kappa shape index (κ2) is 8.63. The lowest BCUT2D eigenvalue weighted by Gasteiger charge is -2.33. The highest BCUT2D eigenvalue weighted by molar-refractivity contribution is 5.99. The van der Waals surface area contributed by atoms with Crippen LogP contribution in [-0.4, -0.2) is 66.0 Å². The van der Waals surface area contributed by atoms with Gasteiger partial charge in [0.05, 0.1) is 7.11 Å². The van der Waals surface area contributed by atoms with E-state index in [4.69, 9.17) is 10.5 Å². The first kappa shape index (κ1) is 20.7. The number of carbonyl (C=O) groups is 3. The molecule has 3 N–H and O–H groups in total. The van der Waals surface area contributed by atoms with Crippen LogP contribution in [0.25, 0.3) is 0 Å². The summed E-state index contributed by atoms with van der Waals surface area (Å²) in [7, 11) is 1.54. The first-order valence-corrected chi connectivity index (χ1v) is 10.8. The molecule has 2 saturated carbocycles. The van der Waals surface area contributed by atoms with E-state index in [1.165, 1.54) is 4.90 Å². The van der Waals surface area contributed by atoms with E-state index in [0.717, 1.165) is 38.5 Å². The summed E-state index contributed by atoms with van der Waals surface area (Å²) in [5.74, 6) is -0.0175. The van der Waals surface area contributed by atoms with E-state index in [1.807, 2.05) is 0 Å². The first-order valence-electron chi connectivity index (χ1n) is 10.8. The van der Waals surface area contributed by atoms with Crippen LogP contribution < -0.4 is 15.8 Å². The molecule has 3 fully saturated rings. The Labute approximate surface area is 176 Å². The fourth-order valence-corrected chi connectivity index (χ4v) is 4.38. The van der Waals surface area contributed by atoms with Gasteiger partial charge in [0.25, 0.3) is 11.8 Å². The van der Waals surface area contributed by atoms with Gasteiger partial charge in [0.1, 0.15) is 5.75 Å². The van der Waals surface area contributed by atoms with Crippen molar-refractivity contribution in [3.63, 3.8) is 0 Å². The van der Waals surface area contributed by atoms with Gasteiger partial charge < -0.3 is 25.6 Å². The van der Waals surface area contributed by atoms with Crippen LogP contribution in [0.15, 0.2) is 24.3 Å². The zero-order chi connectivity index (χ0) is 21.3. The predicted molar refractivity (Wildman–Crippen MR) is 111 cm³/mol. The standard InChI is InChI=1S/C22H30N4O4/c1-30-18-4-2-3-15(13-18)22(29)26-12-11-25(21(28)14-5-6-14)20(26)19(27)24-17-9-7-16(23)8-10-17/h2-4,13-14,16-17,20H,5-12,23H2,1H3,(H,24,27). The minimum absolute atomic E-state index is 0.0140. The Bertz CT molecular complexity index is 817. The molecule has 1 heterocycles. The topological polar surface area (TPSA) is 105 Å². The van der Waals surface area contributed by atoms with Crippen LogP contribution in [0, 0.1) is 5.92 Å². The van der Waals surface area contributed by atoms with E-state index in [0.29, 0.717) is 24.4 Å². The van der Waals surface area contributed by atoms with E-state index >= 15 is 0 Å². The van der Waals surface area contributed by atoms with Crippen molar-refractivity contribution in [2.75, 3.05) is 20.2 Å². The molecule has 1 saturated heterocycles. The van der Waals surface area contributed by atoms with Crippen molar-refractivity contribution >= 4 is 17.7 Å². The molecule has 8 nitrogen and oxygen atoms in total. The molecule has 162 valence electrons. The molecule has 0 radical (unpaired) electrons. The van der Waals surface area contributed by atoms with Crippen LogP contribution >= 0.6 is 0 Å². The molecule has 1 aliphatic heterocycles. The number of ether oxygens (including phenoxy) is 1. The zero-order valence-electron chi connectivity index (χ0n) is 17.4. The summed E-state index contributed by atoms with van der Waals surface area (Å²) in [6.45, 7) is 0.709. The molecule has 1 atom stereocenters. The fraction of sp³-hybridized carbons (Fsp3) is 0.591. The van der Waals surface area contributed by atoms with E-state index in [9.17, 15) is 14.4 Å². The Hall–Kier alpha value is -2.61. The number of nitrogens with two attached hydrogens (primary N) is 1. The van der Waals surface area contributed by atoms with Gasteiger partial charge >= 0.3 is 0 Å². The molecule has 0 aromatic heterocycles. The Morgan fingerprint density at radius 2 is 1.73 bits per heavy atom. The molecule has 3 amide bonds. The second-order valence-electron chi connectivity index (χ2n) is 8.53. The molecule has 0 spiro atoms. The maximum atomic E-state index is 13.3. The molecular formula is C22H30N4O4. The summed E-state index contributed by atoms with van der Waals surface area (Å²) in [5.41, 5.74) is 6.41. The molecule has 8 heteroatoms. The van der Waals surface area contributed by atoms with Crippen LogP contribution in [-0.2, 0) is 9.59 Å². The maximum absolute atomic E-state index is 13.3. The highest BCUT2D eigenvalue weighted by atomic mass is 16.5. The highest BCUT2D eigenvalue weighted by Gasteiger charge is 2.46. The van der Waals surface area contributed by atoms with Crippen molar-refractivity contribution in [1.29, 1.82) is 0 Å². The van der Waals surface area contributed by atoms with Crippen molar-refractivity contribution in [2.24, 2.45) is 11.7 Å². The Balaban J connectivity index is 1.54. The number of hydrogen-bond donors (Lipinski definition) is 2. The maximum Gasteiger partial charge on any atom is 0.264 e. The molecule has 30 heavy (non-hydrogen) atoms. The van der Waals surface area contributed by atoms with Crippen LogP contribution in [0.1, 0.15) is 48.9 Å². The number of hydrogen-bond acceptors (Lipinski definition) is 5. The van der Waals surface area contributed by atoms with Gasteiger partial charge in [-0.15, -0.1) is 0 Å². The Morgan fingerprint density at radius 3 is 2.40 bits per heavy atom. The monoisotopic (exact) mass is 414 g/mol. The average molecular weight is 415 g/mol. The summed E-state index contributed by atoms with van der Waals surface area (Å²) in [5, 5.41) is 3.08. The van der Waals surface area contributed by atoms with E-state index in [-0.39, 0.29) is 35.7 Å². The van der Waals surface area contributed by atoms with Crippen molar-refractivity contribution < 1.29 is 19.1 Å². The van der Waals surface area contributed by atoms with Gasteiger partial charge in [0, 0.05) is 36.7 Å². The van der Waals surface area contributed by atoms with Crippen LogP contribution in [0.3, 0.4) is 0 Å². The van der Waals surface area contributed by atoms with Crippen LogP contribution in [0.2, 0.25) is 0 Å². The highest BCUT2D eigenvalue weighted by Crippen LogP contribution is 2.33. The van der Waals surface area contributed by atoms with Crippen molar-refractivity contribution in [1.82, 2.24) is 15.1 Å². The third-order valence-electron chi connectivity index (χ3n) is 6.31. The van der Waals surface area contributed by atoms with Gasteiger partial charge in [0.15, 0.2) is 6.17 Å². The lowest BCUT2D eigenvalue weighted by atomic mass is 9.92. The largest absolute Gasteiger partial charge is 0.497 e. The molecule has 4 rings (SSSR count). The SMILES string of the molecule is COc1cccc(C(=O)N2CCN(C(=O)C3CC3)C2C(=O)NC2CCC(N)CC2)c1. The molecule has 1 aromatic carbocycles. The second-order valence-corrected chi connectivity index (χ2v) is 8.53. The number of nitrogens with zero attached hydrogens (tertiary/aromatic N) is 2. The molecule has 2 aliphatic carbocycles. The minimum Gasteiger partial charge on any atom is -0.497 e. The minimum atomic E-state index is -0.910. The van der Waals surface area contributed by atoms with Gasteiger partial charge in [-0.05, 0) is 56.7 Å².